The molecule has 0 bridgehead atoms. The van der Waals surface area contributed by atoms with Crippen LogP contribution in [0.15, 0.2) is 47.4 Å². The van der Waals surface area contributed by atoms with Crippen molar-refractivity contribution in [1.82, 2.24) is 0 Å². The van der Waals surface area contributed by atoms with Crippen molar-refractivity contribution in [3.8, 4) is 0 Å². The SMILES string of the molecule is Cc1ccc(C(C)(C)C(=O)Nc2cc(C(=O)O)cc(S(C)(=O)=O)c2)cc1. The van der Waals surface area contributed by atoms with E-state index in [1.807, 2.05) is 31.2 Å². The Balaban J connectivity index is 2.40. The van der Waals surface area contributed by atoms with E-state index in [1.54, 1.807) is 13.8 Å². The van der Waals surface area contributed by atoms with Gasteiger partial charge in [-0.2, -0.15) is 0 Å². The number of rotatable bonds is 5. The van der Waals surface area contributed by atoms with Gasteiger partial charge < -0.3 is 10.4 Å². The molecule has 2 aromatic carbocycles. The average molecular weight is 375 g/mol. The molecule has 7 heteroatoms. The zero-order chi connectivity index (χ0) is 19.7. The number of benzene rings is 2. The molecule has 0 radical (unpaired) electrons. The van der Waals surface area contributed by atoms with Gasteiger partial charge in [-0.3, -0.25) is 4.79 Å². The van der Waals surface area contributed by atoms with E-state index in [4.69, 9.17) is 0 Å². The Kier molecular flexibility index (Phi) is 5.23. The Morgan fingerprint density at radius 1 is 1.04 bits per heavy atom. The van der Waals surface area contributed by atoms with Crippen molar-refractivity contribution in [2.45, 2.75) is 31.1 Å². The van der Waals surface area contributed by atoms with Gasteiger partial charge in [-0.1, -0.05) is 29.8 Å². The van der Waals surface area contributed by atoms with Gasteiger partial charge in [0, 0.05) is 11.9 Å². The maximum absolute atomic E-state index is 12.8. The minimum atomic E-state index is -3.62. The standard InChI is InChI=1S/C19H21NO5S/c1-12-5-7-14(8-6-12)19(2,3)18(23)20-15-9-13(17(21)22)10-16(11-15)26(4,24)25/h5-11H,1-4H3,(H,20,23)(H,21,22). The first-order valence-corrected chi connectivity index (χ1v) is 9.77. The lowest BCUT2D eigenvalue weighted by molar-refractivity contribution is -0.120. The van der Waals surface area contributed by atoms with E-state index in [9.17, 15) is 23.1 Å². The highest BCUT2D eigenvalue weighted by Crippen LogP contribution is 2.27. The molecule has 0 atom stereocenters. The van der Waals surface area contributed by atoms with E-state index in [0.717, 1.165) is 23.4 Å². The summed E-state index contributed by atoms with van der Waals surface area (Å²) in [6, 6.07) is 11.1. The normalized spacial score (nSPS) is 11.8. The van der Waals surface area contributed by atoms with Gasteiger partial charge in [-0.25, -0.2) is 13.2 Å². The van der Waals surface area contributed by atoms with Crippen molar-refractivity contribution in [1.29, 1.82) is 0 Å². The molecule has 0 unspecified atom stereocenters. The molecular weight excluding hydrogens is 354 g/mol. The van der Waals surface area contributed by atoms with Crippen molar-refractivity contribution in [2.24, 2.45) is 0 Å². The summed E-state index contributed by atoms with van der Waals surface area (Å²) in [6.45, 7) is 5.43. The minimum Gasteiger partial charge on any atom is -0.478 e. The maximum Gasteiger partial charge on any atom is 0.335 e. The Bertz CT molecular complexity index is 960. The van der Waals surface area contributed by atoms with Gasteiger partial charge in [0.1, 0.15) is 0 Å². The molecule has 138 valence electrons. The maximum atomic E-state index is 12.8. The van der Waals surface area contributed by atoms with Crippen molar-refractivity contribution in [2.75, 3.05) is 11.6 Å². The third-order valence-electron chi connectivity index (χ3n) is 4.18. The molecule has 0 aliphatic heterocycles. The summed E-state index contributed by atoms with van der Waals surface area (Å²) in [4.78, 5) is 23.8. The molecule has 2 rings (SSSR count). The van der Waals surface area contributed by atoms with Gasteiger partial charge in [-0.15, -0.1) is 0 Å². The molecule has 0 spiro atoms. The molecule has 0 fully saturated rings. The summed E-state index contributed by atoms with van der Waals surface area (Å²) in [5, 5.41) is 11.8. The van der Waals surface area contributed by atoms with Crippen molar-refractivity contribution < 1.29 is 23.1 Å². The first-order valence-electron chi connectivity index (χ1n) is 7.88. The largest absolute Gasteiger partial charge is 0.478 e. The Hall–Kier alpha value is -2.67. The molecule has 0 heterocycles. The van der Waals surface area contributed by atoms with Crippen LogP contribution in [0.1, 0.15) is 35.3 Å². The van der Waals surface area contributed by atoms with E-state index >= 15 is 0 Å². The number of amides is 1. The quantitative estimate of drug-likeness (QED) is 0.837. The van der Waals surface area contributed by atoms with Crippen molar-refractivity contribution in [3.05, 3.63) is 59.2 Å². The summed E-state index contributed by atoms with van der Waals surface area (Å²) in [6.07, 6.45) is 0.982. The van der Waals surface area contributed by atoms with E-state index < -0.39 is 21.2 Å². The number of aryl methyl sites for hydroxylation is 1. The summed E-state index contributed by atoms with van der Waals surface area (Å²) in [5.74, 6) is -1.65. The predicted octanol–water partition coefficient (Wildman–Crippen LogP) is 3.01. The average Bonchev–Trinajstić information content (AvgIpc) is 2.54. The van der Waals surface area contributed by atoms with Gasteiger partial charge >= 0.3 is 5.97 Å². The zero-order valence-electron chi connectivity index (χ0n) is 15.0. The molecular formula is C19H21NO5S. The van der Waals surface area contributed by atoms with Gasteiger partial charge in [0.2, 0.25) is 5.91 Å². The molecule has 0 saturated heterocycles. The zero-order valence-corrected chi connectivity index (χ0v) is 15.8. The lowest BCUT2D eigenvalue weighted by Crippen LogP contribution is -2.34. The molecule has 6 nitrogen and oxygen atoms in total. The Morgan fingerprint density at radius 2 is 1.62 bits per heavy atom. The first-order chi connectivity index (χ1) is 11.9. The lowest BCUT2D eigenvalue weighted by atomic mass is 9.83. The number of hydrogen-bond acceptors (Lipinski definition) is 4. The highest BCUT2D eigenvalue weighted by atomic mass is 32.2. The van der Waals surface area contributed by atoms with Crippen LogP contribution >= 0.6 is 0 Å². The number of hydrogen-bond donors (Lipinski definition) is 2. The van der Waals surface area contributed by atoms with Crippen LogP contribution in [0.5, 0.6) is 0 Å². The smallest absolute Gasteiger partial charge is 0.335 e. The third kappa shape index (κ3) is 4.29. The number of carboxylic acids is 1. The number of aromatic carboxylic acids is 1. The molecule has 26 heavy (non-hydrogen) atoms. The van der Waals surface area contributed by atoms with Crippen LogP contribution in [-0.4, -0.2) is 31.7 Å². The van der Waals surface area contributed by atoms with E-state index in [-0.39, 0.29) is 22.1 Å². The summed E-state index contributed by atoms with van der Waals surface area (Å²) in [5.41, 5.74) is 0.875. The molecule has 0 saturated carbocycles. The van der Waals surface area contributed by atoms with E-state index in [2.05, 4.69) is 5.32 Å². The number of carboxylic acid groups (broad SMARTS) is 1. The molecule has 1 amide bonds. The second-order valence-electron chi connectivity index (χ2n) is 6.77. The predicted molar refractivity (Wildman–Crippen MR) is 99.3 cm³/mol. The van der Waals surface area contributed by atoms with Crippen LogP contribution in [0.25, 0.3) is 0 Å². The van der Waals surface area contributed by atoms with Crippen LogP contribution in [0.3, 0.4) is 0 Å². The van der Waals surface area contributed by atoms with Crippen molar-refractivity contribution in [3.63, 3.8) is 0 Å². The van der Waals surface area contributed by atoms with Crippen LogP contribution in [0, 0.1) is 6.92 Å². The molecule has 2 N–H and O–H groups in total. The summed E-state index contributed by atoms with van der Waals surface area (Å²) >= 11 is 0. The molecule has 0 aliphatic carbocycles. The summed E-state index contributed by atoms with van der Waals surface area (Å²) in [7, 11) is -3.62. The van der Waals surface area contributed by atoms with Gasteiger partial charge in [0.15, 0.2) is 9.84 Å². The highest BCUT2D eigenvalue weighted by molar-refractivity contribution is 7.90. The van der Waals surface area contributed by atoms with Gasteiger partial charge in [0.05, 0.1) is 15.9 Å². The second kappa shape index (κ2) is 6.92. The van der Waals surface area contributed by atoms with Gasteiger partial charge in [0.25, 0.3) is 0 Å². The van der Waals surface area contributed by atoms with E-state index in [0.29, 0.717) is 0 Å². The number of carbonyl (C=O) groups is 2. The summed E-state index contributed by atoms with van der Waals surface area (Å²) < 4.78 is 23.6. The van der Waals surface area contributed by atoms with Crippen LogP contribution in [-0.2, 0) is 20.0 Å². The number of sulfone groups is 1. The minimum absolute atomic E-state index is 0.121. The molecule has 2 aromatic rings. The fourth-order valence-electron chi connectivity index (χ4n) is 2.40. The van der Waals surface area contributed by atoms with Crippen LogP contribution in [0.4, 0.5) is 5.69 Å². The Morgan fingerprint density at radius 3 is 2.12 bits per heavy atom. The number of carbonyl (C=O) groups excluding carboxylic acids is 1. The van der Waals surface area contributed by atoms with Crippen LogP contribution in [0.2, 0.25) is 0 Å². The van der Waals surface area contributed by atoms with E-state index in [1.165, 1.54) is 12.1 Å². The molecule has 0 aromatic heterocycles. The van der Waals surface area contributed by atoms with Crippen molar-refractivity contribution >= 4 is 27.4 Å². The highest BCUT2D eigenvalue weighted by Gasteiger charge is 2.30. The van der Waals surface area contributed by atoms with Gasteiger partial charge in [-0.05, 0) is 44.5 Å². The molecule has 0 aliphatic rings. The second-order valence-corrected chi connectivity index (χ2v) is 8.78. The lowest BCUT2D eigenvalue weighted by Gasteiger charge is -2.24. The number of nitrogens with one attached hydrogen (secondary N) is 1. The fraction of sp³-hybridized carbons (Fsp3) is 0.263. The topological polar surface area (TPSA) is 101 Å². The fourth-order valence-corrected chi connectivity index (χ4v) is 3.08. The third-order valence-corrected chi connectivity index (χ3v) is 5.27. The van der Waals surface area contributed by atoms with Crippen LogP contribution < -0.4 is 5.32 Å². The Labute approximate surface area is 152 Å². The number of anilines is 1. The monoisotopic (exact) mass is 375 g/mol. The first kappa shape index (κ1) is 19.7.